The maximum absolute atomic E-state index is 5.94. The molecule has 0 aliphatic heterocycles. The highest BCUT2D eigenvalue weighted by molar-refractivity contribution is 5.62. The van der Waals surface area contributed by atoms with Gasteiger partial charge in [0.25, 0.3) is 0 Å². The summed E-state index contributed by atoms with van der Waals surface area (Å²) in [5, 5.41) is 0. The van der Waals surface area contributed by atoms with Crippen LogP contribution in [0.3, 0.4) is 0 Å². The number of anilines is 2. The average Bonchev–Trinajstić information content (AvgIpc) is 3.08. The molecule has 0 spiro atoms. The van der Waals surface area contributed by atoms with Crippen molar-refractivity contribution in [3.63, 3.8) is 0 Å². The number of hydrogen-bond donors (Lipinski definition) is 1. The molecule has 1 aromatic rings. The van der Waals surface area contributed by atoms with Crippen LogP contribution in [-0.4, -0.2) is 31.8 Å². The van der Waals surface area contributed by atoms with Gasteiger partial charge in [-0.3, -0.25) is 0 Å². The lowest BCUT2D eigenvalue weighted by Gasteiger charge is -2.19. The number of likely N-dealkylation sites (N-methyl/N-ethyl adjacent to an activating group) is 1. The Balaban J connectivity index is 1.78. The molecule has 0 bridgehead atoms. The van der Waals surface area contributed by atoms with E-state index in [0.717, 1.165) is 42.7 Å². The fourth-order valence-electron chi connectivity index (χ4n) is 1.75. The minimum atomic E-state index is 0.731. The standard InChI is InChI=1S/C13H21N3O/c1-10-7-12(14)13(15-8-10)16(2)5-6-17-9-11-3-4-11/h7-8,11H,3-6,9,14H2,1-2H3. The molecule has 0 amide bonds. The van der Waals surface area contributed by atoms with Crippen LogP contribution in [0.25, 0.3) is 0 Å². The van der Waals surface area contributed by atoms with Gasteiger partial charge in [-0.15, -0.1) is 0 Å². The van der Waals surface area contributed by atoms with Gasteiger partial charge in [-0.2, -0.15) is 0 Å². The van der Waals surface area contributed by atoms with Crippen molar-refractivity contribution < 1.29 is 4.74 Å². The fraction of sp³-hybridized carbons (Fsp3) is 0.615. The van der Waals surface area contributed by atoms with Gasteiger partial charge < -0.3 is 15.4 Å². The largest absolute Gasteiger partial charge is 0.396 e. The molecule has 2 rings (SSSR count). The summed E-state index contributed by atoms with van der Waals surface area (Å²) >= 11 is 0. The van der Waals surface area contributed by atoms with Crippen molar-refractivity contribution in [3.8, 4) is 0 Å². The van der Waals surface area contributed by atoms with Crippen molar-refractivity contribution in [2.75, 3.05) is 37.4 Å². The van der Waals surface area contributed by atoms with Crippen LogP contribution in [0.2, 0.25) is 0 Å². The fourth-order valence-corrected chi connectivity index (χ4v) is 1.75. The molecule has 0 aromatic carbocycles. The summed E-state index contributed by atoms with van der Waals surface area (Å²) in [6, 6.07) is 1.95. The SMILES string of the molecule is Cc1cnc(N(C)CCOCC2CC2)c(N)c1. The summed E-state index contributed by atoms with van der Waals surface area (Å²) in [5.41, 5.74) is 7.76. The van der Waals surface area contributed by atoms with Crippen LogP contribution < -0.4 is 10.6 Å². The second-order valence-electron chi connectivity index (χ2n) is 4.87. The number of pyridine rings is 1. The van der Waals surface area contributed by atoms with Gasteiger partial charge >= 0.3 is 0 Å². The number of nitrogens with two attached hydrogens (primary N) is 1. The van der Waals surface area contributed by atoms with Crippen LogP contribution >= 0.6 is 0 Å². The first-order valence-electron chi connectivity index (χ1n) is 6.18. The second kappa shape index (κ2) is 5.36. The van der Waals surface area contributed by atoms with Crippen LogP contribution in [-0.2, 0) is 4.74 Å². The zero-order valence-electron chi connectivity index (χ0n) is 10.6. The van der Waals surface area contributed by atoms with E-state index in [1.54, 1.807) is 0 Å². The topological polar surface area (TPSA) is 51.4 Å². The molecule has 4 heteroatoms. The zero-order chi connectivity index (χ0) is 12.3. The monoisotopic (exact) mass is 235 g/mol. The van der Waals surface area contributed by atoms with Crippen molar-refractivity contribution in [1.29, 1.82) is 0 Å². The van der Waals surface area contributed by atoms with Crippen molar-refractivity contribution in [2.45, 2.75) is 19.8 Å². The highest BCUT2D eigenvalue weighted by atomic mass is 16.5. The number of aromatic nitrogens is 1. The second-order valence-corrected chi connectivity index (χ2v) is 4.87. The van der Waals surface area contributed by atoms with Crippen LogP contribution in [0.15, 0.2) is 12.3 Å². The van der Waals surface area contributed by atoms with E-state index in [-0.39, 0.29) is 0 Å². The van der Waals surface area contributed by atoms with Crippen LogP contribution in [0, 0.1) is 12.8 Å². The Morgan fingerprint density at radius 3 is 2.94 bits per heavy atom. The highest BCUT2D eigenvalue weighted by Gasteiger charge is 2.21. The molecule has 1 heterocycles. The summed E-state index contributed by atoms with van der Waals surface area (Å²) in [7, 11) is 1.99. The number of nitrogen functional groups attached to an aromatic ring is 1. The maximum atomic E-state index is 5.94. The number of ether oxygens (including phenoxy) is 1. The number of hydrogen-bond acceptors (Lipinski definition) is 4. The first-order valence-corrected chi connectivity index (χ1v) is 6.18. The predicted octanol–water partition coefficient (Wildman–Crippen LogP) is 1.84. The molecule has 2 N–H and O–H groups in total. The van der Waals surface area contributed by atoms with Gasteiger partial charge in [-0.05, 0) is 37.3 Å². The summed E-state index contributed by atoms with van der Waals surface area (Å²) in [6.07, 6.45) is 4.51. The third kappa shape index (κ3) is 3.60. The predicted molar refractivity (Wildman–Crippen MR) is 70.2 cm³/mol. The Morgan fingerprint density at radius 2 is 2.29 bits per heavy atom. The minimum absolute atomic E-state index is 0.731. The molecule has 1 aliphatic rings. The van der Waals surface area contributed by atoms with E-state index in [0.29, 0.717) is 0 Å². The van der Waals surface area contributed by atoms with E-state index in [1.807, 2.05) is 31.1 Å². The van der Waals surface area contributed by atoms with E-state index < -0.39 is 0 Å². The summed E-state index contributed by atoms with van der Waals surface area (Å²) in [4.78, 5) is 6.39. The third-order valence-corrected chi connectivity index (χ3v) is 3.01. The van der Waals surface area contributed by atoms with E-state index in [4.69, 9.17) is 10.5 Å². The zero-order valence-corrected chi connectivity index (χ0v) is 10.6. The molecule has 0 unspecified atom stereocenters. The Labute approximate surface area is 103 Å². The summed E-state index contributed by atoms with van der Waals surface area (Å²) in [5.74, 6) is 1.66. The quantitative estimate of drug-likeness (QED) is 0.764. The van der Waals surface area contributed by atoms with E-state index in [9.17, 15) is 0 Å². The van der Waals surface area contributed by atoms with E-state index in [2.05, 4.69) is 4.98 Å². The molecule has 0 atom stereocenters. The lowest BCUT2D eigenvalue weighted by Crippen LogP contribution is -2.24. The molecule has 0 saturated heterocycles. The lowest BCUT2D eigenvalue weighted by molar-refractivity contribution is 0.131. The molecule has 1 aliphatic carbocycles. The van der Waals surface area contributed by atoms with E-state index in [1.165, 1.54) is 12.8 Å². The highest BCUT2D eigenvalue weighted by Crippen LogP contribution is 2.28. The van der Waals surface area contributed by atoms with Crippen molar-refractivity contribution in [2.24, 2.45) is 5.92 Å². The number of rotatable bonds is 6. The van der Waals surface area contributed by atoms with Gasteiger partial charge in [0, 0.05) is 26.4 Å². The van der Waals surface area contributed by atoms with Gasteiger partial charge in [-0.25, -0.2) is 4.98 Å². The normalized spacial score (nSPS) is 14.9. The molecule has 1 aromatic heterocycles. The average molecular weight is 235 g/mol. The van der Waals surface area contributed by atoms with Crippen molar-refractivity contribution in [1.82, 2.24) is 4.98 Å². The van der Waals surface area contributed by atoms with Crippen molar-refractivity contribution >= 4 is 11.5 Å². The maximum Gasteiger partial charge on any atom is 0.151 e. The molecule has 17 heavy (non-hydrogen) atoms. The molecule has 1 fully saturated rings. The van der Waals surface area contributed by atoms with Crippen LogP contribution in [0.4, 0.5) is 11.5 Å². The Kier molecular flexibility index (Phi) is 3.84. The molecular weight excluding hydrogens is 214 g/mol. The van der Waals surface area contributed by atoms with Gasteiger partial charge in [0.2, 0.25) is 0 Å². The number of nitrogens with zero attached hydrogens (tertiary/aromatic N) is 2. The minimum Gasteiger partial charge on any atom is -0.396 e. The number of aryl methyl sites for hydroxylation is 1. The van der Waals surface area contributed by atoms with Crippen molar-refractivity contribution in [3.05, 3.63) is 17.8 Å². The van der Waals surface area contributed by atoms with E-state index >= 15 is 0 Å². The van der Waals surface area contributed by atoms with Gasteiger partial charge in [0.05, 0.1) is 12.3 Å². The van der Waals surface area contributed by atoms with Gasteiger partial charge in [-0.1, -0.05) is 0 Å². The first-order chi connectivity index (χ1) is 8.16. The summed E-state index contributed by atoms with van der Waals surface area (Å²) in [6.45, 7) is 4.46. The lowest BCUT2D eigenvalue weighted by atomic mass is 10.3. The van der Waals surface area contributed by atoms with Gasteiger partial charge in [0.1, 0.15) is 0 Å². The van der Waals surface area contributed by atoms with Gasteiger partial charge in [0.15, 0.2) is 5.82 Å². The smallest absolute Gasteiger partial charge is 0.151 e. The Hall–Kier alpha value is -1.29. The Bertz CT molecular complexity index is 377. The Morgan fingerprint density at radius 1 is 1.53 bits per heavy atom. The first kappa shape index (κ1) is 12.2. The molecule has 94 valence electrons. The molecule has 1 saturated carbocycles. The summed E-state index contributed by atoms with van der Waals surface area (Å²) < 4.78 is 5.60. The van der Waals surface area contributed by atoms with Crippen LogP contribution in [0.5, 0.6) is 0 Å². The third-order valence-electron chi connectivity index (χ3n) is 3.01. The molecule has 0 radical (unpaired) electrons. The molecular formula is C13H21N3O. The van der Waals surface area contributed by atoms with Crippen LogP contribution in [0.1, 0.15) is 18.4 Å². The molecule has 4 nitrogen and oxygen atoms in total.